The zero-order chi connectivity index (χ0) is 18.4. The molecule has 1 aliphatic rings. The molecule has 2 amide bonds. The number of nitrogens with one attached hydrogen (secondary N) is 1. The number of nitrogens with zero attached hydrogens (tertiary/aromatic N) is 1. The number of benzene rings is 2. The van der Waals surface area contributed by atoms with E-state index in [0.29, 0.717) is 31.7 Å². The Morgan fingerprint density at radius 1 is 1.08 bits per heavy atom. The molecule has 1 N–H and O–H groups in total. The standard InChI is InChI=1S/C20H21BrN2O2S/c21-16-5-4-8-18(13-16)26-14-19(24)23-11-9-15(10-12-23)20(25)22-17-6-2-1-3-7-17/h1-8,13,15H,9-12,14H2,(H,22,25). The van der Waals surface area contributed by atoms with E-state index in [9.17, 15) is 9.59 Å². The van der Waals surface area contributed by atoms with Gasteiger partial charge in [0, 0.05) is 34.1 Å². The maximum absolute atomic E-state index is 12.4. The quantitative estimate of drug-likeness (QED) is 0.711. The molecule has 2 aromatic rings. The van der Waals surface area contributed by atoms with Crippen LogP contribution in [-0.2, 0) is 9.59 Å². The predicted octanol–water partition coefficient (Wildman–Crippen LogP) is 4.42. The van der Waals surface area contributed by atoms with Gasteiger partial charge in [-0.3, -0.25) is 9.59 Å². The number of para-hydroxylation sites is 1. The first-order chi connectivity index (χ1) is 12.6. The fourth-order valence-corrected chi connectivity index (χ4v) is 4.36. The van der Waals surface area contributed by atoms with E-state index in [4.69, 9.17) is 0 Å². The summed E-state index contributed by atoms with van der Waals surface area (Å²) in [4.78, 5) is 27.7. The Morgan fingerprint density at radius 3 is 2.50 bits per heavy atom. The van der Waals surface area contributed by atoms with Gasteiger partial charge in [0.15, 0.2) is 0 Å². The molecule has 0 saturated carbocycles. The zero-order valence-corrected chi connectivity index (χ0v) is 16.8. The minimum Gasteiger partial charge on any atom is -0.342 e. The van der Waals surface area contributed by atoms with Gasteiger partial charge in [0.25, 0.3) is 0 Å². The van der Waals surface area contributed by atoms with Crippen molar-refractivity contribution in [3.8, 4) is 0 Å². The first kappa shape index (κ1) is 19.0. The lowest BCUT2D eigenvalue weighted by Crippen LogP contribution is -2.42. The summed E-state index contributed by atoms with van der Waals surface area (Å²) < 4.78 is 1.01. The molecule has 26 heavy (non-hydrogen) atoms. The van der Waals surface area contributed by atoms with Crippen molar-refractivity contribution in [1.82, 2.24) is 4.90 Å². The van der Waals surface area contributed by atoms with Gasteiger partial charge in [-0.05, 0) is 43.2 Å². The smallest absolute Gasteiger partial charge is 0.232 e. The number of rotatable bonds is 5. The van der Waals surface area contributed by atoms with E-state index in [2.05, 4.69) is 21.2 Å². The molecule has 2 aromatic carbocycles. The molecule has 0 aromatic heterocycles. The van der Waals surface area contributed by atoms with Crippen molar-refractivity contribution in [3.05, 3.63) is 59.1 Å². The molecule has 4 nitrogen and oxygen atoms in total. The maximum atomic E-state index is 12.4. The Kier molecular flexibility index (Phi) is 6.74. The second-order valence-electron chi connectivity index (χ2n) is 6.26. The molecule has 0 bridgehead atoms. The number of hydrogen-bond donors (Lipinski definition) is 1. The van der Waals surface area contributed by atoms with Crippen molar-refractivity contribution < 1.29 is 9.59 Å². The van der Waals surface area contributed by atoms with Crippen molar-refractivity contribution in [2.24, 2.45) is 5.92 Å². The zero-order valence-electron chi connectivity index (χ0n) is 14.4. The van der Waals surface area contributed by atoms with E-state index in [-0.39, 0.29) is 17.7 Å². The number of amides is 2. The van der Waals surface area contributed by atoms with Gasteiger partial charge < -0.3 is 10.2 Å². The number of carbonyl (C=O) groups is 2. The Balaban J connectivity index is 1.44. The summed E-state index contributed by atoms with van der Waals surface area (Å²) in [6.45, 7) is 1.29. The molecule has 0 unspecified atom stereocenters. The Morgan fingerprint density at radius 2 is 1.81 bits per heavy atom. The van der Waals surface area contributed by atoms with Gasteiger partial charge in [0.05, 0.1) is 5.75 Å². The summed E-state index contributed by atoms with van der Waals surface area (Å²) in [6.07, 6.45) is 1.43. The molecule has 1 fully saturated rings. The second-order valence-corrected chi connectivity index (χ2v) is 8.22. The Bertz CT molecular complexity index is 761. The minimum atomic E-state index is -0.0306. The molecule has 1 heterocycles. The van der Waals surface area contributed by atoms with Crippen LogP contribution in [0, 0.1) is 5.92 Å². The lowest BCUT2D eigenvalue weighted by Gasteiger charge is -2.31. The van der Waals surface area contributed by atoms with Gasteiger partial charge >= 0.3 is 0 Å². The van der Waals surface area contributed by atoms with Crippen molar-refractivity contribution in [3.63, 3.8) is 0 Å². The molecule has 0 aliphatic carbocycles. The van der Waals surface area contributed by atoms with Crippen LogP contribution in [-0.4, -0.2) is 35.6 Å². The van der Waals surface area contributed by atoms with Gasteiger partial charge in [0.2, 0.25) is 11.8 Å². The van der Waals surface area contributed by atoms with Crippen LogP contribution in [0.4, 0.5) is 5.69 Å². The average molecular weight is 433 g/mol. The first-order valence-electron chi connectivity index (χ1n) is 8.64. The number of thioether (sulfide) groups is 1. The molecule has 0 radical (unpaired) electrons. The van der Waals surface area contributed by atoms with Gasteiger partial charge in [-0.1, -0.05) is 40.2 Å². The molecule has 0 atom stereocenters. The first-order valence-corrected chi connectivity index (χ1v) is 10.4. The number of piperidine rings is 1. The van der Waals surface area contributed by atoms with Crippen LogP contribution in [0.1, 0.15) is 12.8 Å². The molecular formula is C20H21BrN2O2S. The lowest BCUT2D eigenvalue weighted by atomic mass is 9.96. The van der Waals surface area contributed by atoms with Crippen LogP contribution >= 0.6 is 27.7 Å². The molecular weight excluding hydrogens is 412 g/mol. The predicted molar refractivity (Wildman–Crippen MR) is 109 cm³/mol. The largest absolute Gasteiger partial charge is 0.342 e. The molecule has 0 spiro atoms. The number of likely N-dealkylation sites (tertiary alicyclic amines) is 1. The van der Waals surface area contributed by atoms with Crippen molar-refractivity contribution in [1.29, 1.82) is 0 Å². The number of halogens is 1. The molecule has 6 heteroatoms. The second kappa shape index (κ2) is 9.24. The summed E-state index contributed by atoms with van der Waals surface area (Å²) in [5.41, 5.74) is 0.821. The highest BCUT2D eigenvalue weighted by molar-refractivity contribution is 9.10. The molecule has 1 saturated heterocycles. The third kappa shape index (κ3) is 5.35. The highest BCUT2D eigenvalue weighted by Crippen LogP contribution is 2.24. The van der Waals surface area contributed by atoms with Gasteiger partial charge in [-0.2, -0.15) is 0 Å². The van der Waals surface area contributed by atoms with Crippen molar-refractivity contribution in [2.75, 3.05) is 24.2 Å². The fraction of sp³-hybridized carbons (Fsp3) is 0.300. The van der Waals surface area contributed by atoms with E-state index in [0.717, 1.165) is 15.1 Å². The van der Waals surface area contributed by atoms with Crippen molar-refractivity contribution in [2.45, 2.75) is 17.7 Å². The molecule has 3 rings (SSSR count). The third-order valence-electron chi connectivity index (χ3n) is 4.42. The molecule has 1 aliphatic heterocycles. The summed E-state index contributed by atoms with van der Waals surface area (Å²) >= 11 is 4.99. The van der Waals surface area contributed by atoms with E-state index in [1.165, 1.54) is 0 Å². The van der Waals surface area contributed by atoms with Gasteiger partial charge in [-0.25, -0.2) is 0 Å². The number of hydrogen-bond acceptors (Lipinski definition) is 3. The SMILES string of the molecule is O=C(Nc1ccccc1)C1CCN(C(=O)CSc2cccc(Br)c2)CC1. The van der Waals surface area contributed by atoms with E-state index in [1.54, 1.807) is 11.8 Å². The van der Waals surface area contributed by atoms with Crippen LogP contribution < -0.4 is 5.32 Å². The Labute approximate surface area is 166 Å². The maximum Gasteiger partial charge on any atom is 0.232 e. The normalized spacial score (nSPS) is 14.9. The van der Waals surface area contributed by atoms with E-state index < -0.39 is 0 Å². The van der Waals surface area contributed by atoms with Gasteiger partial charge in [-0.15, -0.1) is 11.8 Å². The van der Waals surface area contributed by atoms with E-state index in [1.807, 2.05) is 59.5 Å². The third-order valence-corrected chi connectivity index (χ3v) is 5.89. The summed E-state index contributed by atoms with van der Waals surface area (Å²) in [6, 6.07) is 17.4. The highest BCUT2D eigenvalue weighted by Gasteiger charge is 2.27. The van der Waals surface area contributed by atoms with Crippen LogP contribution in [0.3, 0.4) is 0 Å². The Hall–Kier alpha value is -1.79. The minimum absolute atomic E-state index is 0.0306. The fourth-order valence-electron chi connectivity index (χ4n) is 2.95. The monoisotopic (exact) mass is 432 g/mol. The highest BCUT2D eigenvalue weighted by atomic mass is 79.9. The lowest BCUT2D eigenvalue weighted by molar-refractivity contribution is -0.132. The van der Waals surface area contributed by atoms with Crippen LogP contribution in [0.15, 0.2) is 64.0 Å². The van der Waals surface area contributed by atoms with Crippen LogP contribution in [0.2, 0.25) is 0 Å². The summed E-state index contributed by atoms with van der Waals surface area (Å²) in [5, 5.41) is 2.96. The van der Waals surface area contributed by atoms with E-state index >= 15 is 0 Å². The molecule has 136 valence electrons. The number of carbonyl (C=O) groups excluding carboxylic acids is 2. The summed E-state index contributed by atoms with van der Waals surface area (Å²) in [5.74, 6) is 0.581. The summed E-state index contributed by atoms with van der Waals surface area (Å²) in [7, 11) is 0. The van der Waals surface area contributed by atoms with Crippen LogP contribution in [0.25, 0.3) is 0 Å². The number of anilines is 1. The topological polar surface area (TPSA) is 49.4 Å². The van der Waals surface area contributed by atoms with Crippen molar-refractivity contribution >= 4 is 45.2 Å². The van der Waals surface area contributed by atoms with Crippen LogP contribution in [0.5, 0.6) is 0 Å². The van der Waals surface area contributed by atoms with Gasteiger partial charge in [0.1, 0.15) is 0 Å². The average Bonchev–Trinajstić information content (AvgIpc) is 2.67.